The number of benzene rings is 1. The lowest BCUT2D eigenvalue weighted by Gasteiger charge is -2.12. The van der Waals surface area contributed by atoms with Crippen LogP contribution in [0.15, 0.2) is 17.7 Å². The van der Waals surface area contributed by atoms with E-state index < -0.39 is 0 Å². The van der Waals surface area contributed by atoms with Crippen molar-refractivity contribution in [3.8, 4) is 11.5 Å². The van der Waals surface area contributed by atoms with E-state index in [9.17, 15) is 4.79 Å². The van der Waals surface area contributed by atoms with Crippen molar-refractivity contribution in [1.82, 2.24) is 0 Å². The van der Waals surface area contributed by atoms with E-state index in [0.29, 0.717) is 6.42 Å². The van der Waals surface area contributed by atoms with Gasteiger partial charge >= 0.3 is 0 Å². The molecular formula is C15H18O3. The summed E-state index contributed by atoms with van der Waals surface area (Å²) in [5, 5.41) is 0. The molecule has 1 aliphatic rings. The highest BCUT2D eigenvalue weighted by molar-refractivity contribution is 6.01. The van der Waals surface area contributed by atoms with Crippen LogP contribution in [0.5, 0.6) is 11.5 Å². The minimum absolute atomic E-state index is 0.255. The molecule has 1 saturated carbocycles. The van der Waals surface area contributed by atoms with Gasteiger partial charge in [0.2, 0.25) is 0 Å². The highest BCUT2D eigenvalue weighted by Gasteiger charge is 2.18. The van der Waals surface area contributed by atoms with Gasteiger partial charge < -0.3 is 9.47 Å². The highest BCUT2D eigenvalue weighted by Crippen LogP contribution is 2.34. The second kappa shape index (κ2) is 5.25. The van der Waals surface area contributed by atoms with E-state index >= 15 is 0 Å². The third kappa shape index (κ3) is 2.26. The molecule has 0 bridgehead atoms. The first-order valence-corrected chi connectivity index (χ1v) is 6.12. The zero-order valence-corrected chi connectivity index (χ0v) is 11.1. The number of hydrogen-bond donors (Lipinski definition) is 0. The van der Waals surface area contributed by atoms with E-state index in [4.69, 9.17) is 9.47 Å². The Morgan fingerprint density at radius 1 is 1.17 bits per heavy atom. The summed E-state index contributed by atoms with van der Waals surface area (Å²) < 4.78 is 10.7. The summed E-state index contributed by atoms with van der Waals surface area (Å²) in [7, 11) is 3.28. The Labute approximate surface area is 107 Å². The number of methoxy groups -OCH3 is 2. The zero-order chi connectivity index (χ0) is 13.1. The van der Waals surface area contributed by atoms with Crippen molar-refractivity contribution in [2.24, 2.45) is 0 Å². The fourth-order valence-electron chi connectivity index (χ4n) is 2.38. The lowest BCUT2D eigenvalue weighted by Crippen LogP contribution is -1.96. The summed E-state index contributed by atoms with van der Waals surface area (Å²) in [6.07, 6.45) is 4.44. The van der Waals surface area contributed by atoms with E-state index in [1.165, 1.54) is 0 Å². The van der Waals surface area contributed by atoms with Gasteiger partial charge in [0, 0.05) is 17.5 Å². The van der Waals surface area contributed by atoms with Crippen molar-refractivity contribution in [2.45, 2.75) is 26.2 Å². The number of rotatable bonds is 3. The molecule has 0 heterocycles. The minimum Gasteiger partial charge on any atom is -0.496 e. The molecule has 0 saturated heterocycles. The molecule has 18 heavy (non-hydrogen) atoms. The third-order valence-corrected chi connectivity index (χ3v) is 3.35. The van der Waals surface area contributed by atoms with Crippen LogP contribution in [0.2, 0.25) is 0 Å². The van der Waals surface area contributed by atoms with Crippen molar-refractivity contribution >= 4 is 11.9 Å². The lowest BCUT2D eigenvalue weighted by atomic mass is 10.0. The molecule has 0 spiro atoms. The normalized spacial score (nSPS) is 17.3. The Balaban J connectivity index is 2.45. The zero-order valence-electron chi connectivity index (χ0n) is 11.1. The van der Waals surface area contributed by atoms with Crippen LogP contribution in [0.3, 0.4) is 0 Å². The third-order valence-electron chi connectivity index (χ3n) is 3.35. The van der Waals surface area contributed by atoms with Crippen LogP contribution in [0.4, 0.5) is 0 Å². The summed E-state index contributed by atoms with van der Waals surface area (Å²) in [5.41, 5.74) is 2.80. The number of Topliss-reactive ketones (excluding diaryl/α,β-unsaturated/α-hetero) is 1. The number of carbonyl (C=O) groups is 1. The Morgan fingerprint density at radius 2 is 1.94 bits per heavy atom. The summed E-state index contributed by atoms with van der Waals surface area (Å²) >= 11 is 0. The summed E-state index contributed by atoms with van der Waals surface area (Å²) in [6, 6.07) is 3.84. The Bertz CT molecular complexity index is 501. The average Bonchev–Trinajstić information content (AvgIpc) is 2.76. The fraction of sp³-hybridized carbons (Fsp3) is 0.400. The van der Waals surface area contributed by atoms with E-state index in [1.807, 2.05) is 25.1 Å². The van der Waals surface area contributed by atoms with Crippen molar-refractivity contribution in [1.29, 1.82) is 0 Å². The van der Waals surface area contributed by atoms with Gasteiger partial charge in [-0.05, 0) is 43.5 Å². The smallest absolute Gasteiger partial charge is 0.158 e. The standard InChI is InChI=1S/C15H18O3/c1-10-14(17-2)8-7-12(15(10)18-3)9-11-5-4-6-13(11)16/h7-9H,4-6H2,1-3H3/b11-9+. The number of ketones is 1. The van der Waals surface area contributed by atoms with Crippen molar-refractivity contribution in [3.63, 3.8) is 0 Å². The molecule has 2 rings (SSSR count). The maximum Gasteiger partial charge on any atom is 0.158 e. The van der Waals surface area contributed by atoms with Crippen LogP contribution in [0.25, 0.3) is 6.08 Å². The first kappa shape index (κ1) is 12.7. The van der Waals surface area contributed by atoms with Crippen LogP contribution in [-0.4, -0.2) is 20.0 Å². The van der Waals surface area contributed by atoms with Gasteiger partial charge in [0.05, 0.1) is 14.2 Å². The molecule has 1 aliphatic carbocycles. The van der Waals surface area contributed by atoms with E-state index in [1.54, 1.807) is 14.2 Å². The summed E-state index contributed by atoms with van der Waals surface area (Å²) in [5.74, 6) is 1.83. The van der Waals surface area contributed by atoms with Gasteiger partial charge in [-0.15, -0.1) is 0 Å². The topological polar surface area (TPSA) is 35.5 Å². The van der Waals surface area contributed by atoms with Crippen LogP contribution in [0.1, 0.15) is 30.4 Å². The lowest BCUT2D eigenvalue weighted by molar-refractivity contribution is -0.114. The number of hydrogen-bond acceptors (Lipinski definition) is 3. The molecule has 0 N–H and O–H groups in total. The molecule has 0 atom stereocenters. The highest BCUT2D eigenvalue weighted by atomic mass is 16.5. The molecule has 0 amide bonds. The van der Waals surface area contributed by atoms with Gasteiger partial charge in [-0.25, -0.2) is 0 Å². The Morgan fingerprint density at radius 3 is 2.50 bits per heavy atom. The molecule has 0 aliphatic heterocycles. The second-order valence-corrected chi connectivity index (χ2v) is 4.46. The second-order valence-electron chi connectivity index (χ2n) is 4.46. The SMILES string of the molecule is COc1ccc(/C=C2\CCCC2=O)c(OC)c1C. The molecule has 0 unspecified atom stereocenters. The monoisotopic (exact) mass is 246 g/mol. The Kier molecular flexibility index (Phi) is 3.70. The maximum atomic E-state index is 11.7. The van der Waals surface area contributed by atoms with Gasteiger partial charge in [-0.2, -0.15) is 0 Å². The molecular weight excluding hydrogens is 228 g/mol. The predicted molar refractivity (Wildman–Crippen MR) is 71.1 cm³/mol. The van der Waals surface area contributed by atoms with Crippen molar-refractivity contribution in [3.05, 3.63) is 28.8 Å². The summed E-state index contributed by atoms with van der Waals surface area (Å²) in [6.45, 7) is 1.95. The number of ether oxygens (including phenoxy) is 2. The first-order chi connectivity index (χ1) is 8.67. The van der Waals surface area contributed by atoms with Crippen LogP contribution in [0, 0.1) is 6.92 Å². The molecule has 1 aromatic rings. The molecule has 0 radical (unpaired) electrons. The fourth-order valence-corrected chi connectivity index (χ4v) is 2.38. The maximum absolute atomic E-state index is 11.7. The molecule has 3 heteroatoms. The molecule has 3 nitrogen and oxygen atoms in total. The largest absolute Gasteiger partial charge is 0.496 e. The van der Waals surface area contributed by atoms with E-state index in [-0.39, 0.29) is 5.78 Å². The van der Waals surface area contributed by atoms with Gasteiger partial charge in [0.1, 0.15) is 11.5 Å². The van der Waals surface area contributed by atoms with Crippen molar-refractivity contribution in [2.75, 3.05) is 14.2 Å². The van der Waals surface area contributed by atoms with Crippen LogP contribution < -0.4 is 9.47 Å². The van der Waals surface area contributed by atoms with Gasteiger partial charge in [0.15, 0.2) is 5.78 Å². The predicted octanol–water partition coefficient (Wildman–Crippen LogP) is 3.15. The molecule has 96 valence electrons. The molecule has 0 aromatic heterocycles. The van der Waals surface area contributed by atoms with Crippen LogP contribution >= 0.6 is 0 Å². The van der Waals surface area contributed by atoms with Gasteiger partial charge in [-0.3, -0.25) is 4.79 Å². The van der Waals surface area contributed by atoms with Crippen LogP contribution in [-0.2, 0) is 4.79 Å². The molecule has 1 fully saturated rings. The summed E-state index contributed by atoms with van der Waals surface area (Å²) in [4.78, 5) is 11.7. The number of carbonyl (C=O) groups excluding carboxylic acids is 1. The number of allylic oxidation sites excluding steroid dienone is 1. The quantitative estimate of drug-likeness (QED) is 0.768. The Hall–Kier alpha value is -1.77. The average molecular weight is 246 g/mol. The van der Waals surface area contributed by atoms with E-state index in [2.05, 4.69) is 0 Å². The molecule has 1 aromatic carbocycles. The first-order valence-electron chi connectivity index (χ1n) is 6.12. The van der Waals surface area contributed by atoms with Crippen molar-refractivity contribution < 1.29 is 14.3 Å². The minimum atomic E-state index is 0.255. The van der Waals surface area contributed by atoms with Gasteiger partial charge in [0.25, 0.3) is 0 Å². The van der Waals surface area contributed by atoms with E-state index in [0.717, 1.165) is 41.0 Å². The van der Waals surface area contributed by atoms with Gasteiger partial charge in [-0.1, -0.05) is 0 Å².